The molecule has 2 heterocycles. The zero-order valence-electron chi connectivity index (χ0n) is 14.7. The first-order chi connectivity index (χ1) is 13.2. The van der Waals surface area contributed by atoms with Crippen molar-refractivity contribution in [2.24, 2.45) is 0 Å². The second kappa shape index (κ2) is 7.40. The summed E-state index contributed by atoms with van der Waals surface area (Å²) in [5, 5.41) is 0.682. The highest BCUT2D eigenvalue weighted by molar-refractivity contribution is 7.18. The minimum absolute atomic E-state index is 0.109. The first kappa shape index (κ1) is 17.5. The quantitative estimate of drug-likeness (QED) is 0.655. The van der Waals surface area contributed by atoms with Crippen LogP contribution in [0.4, 0.5) is 0 Å². The lowest BCUT2D eigenvalue weighted by atomic mass is 10.2. The molecule has 7 nitrogen and oxygen atoms in total. The highest BCUT2D eigenvalue weighted by Crippen LogP contribution is 2.34. The van der Waals surface area contributed by atoms with Gasteiger partial charge in [-0.25, -0.2) is 9.78 Å². The van der Waals surface area contributed by atoms with Gasteiger partial charge in [0, 0.05) is 4.88 Å². The van der Waals surface area contributed by atoms with E-state index < -0.39 is 5.97 Å². The molecule has 1 aromatic carbocycles. The van der Waals surface area contributed by atoms with Crippen LogP contribution in [-0.2, 0) is 29.0 Å². The standard InChI is InChI=1S/C19H18N2O5S/c1-24-12-6-2-3-7-13(12)25-10-16(22)26-9-15-20-18(23)17-11-5-4-8-14(11)27-19(17)21-15/h2-3,6-7H,4-5,8-10H2,1H3,(H,20,21,23). The third-order valence-electron chi connectivity index (χ3n) is 4.41. The lowest BCUT2D eigenvalue weighted by molar-refractivity contribution is -0.147. The van der Waals surface area contributed by atoms with Gasteiger partial charge in [-0.05, 0) is 37.0 Å². The van der Waals surface area contributed by atoms with Gasteiger partial charge in [-0.15, -0.1) is 11.3 Å². The Bertz CT molecular complexity index is 1060. The van der Waals surface area contributed by atoms with Gasteiger partial charge in [0.15, 0.2) is 18.1 Å². The van der Waals surface area contributed by atoms with Crippen LogP contribution in [0.25, 0.3) is 10.2 Å². The number of aromatic amines is 1. The number of H-pyrrole nitrogens is 1. The SMILES string of the molecule is COc1ccccc1OCC(=O)OCc1nc2sc3c(c2c(=O)[nH]1)CCC3. The molecule has 1 N–H and O–H groups in total. The predicted molar refractivity (Wildman–Crippen MR) is 101 cm³/mol. The van der Waals surface area contributed by atoms with Gasteiger partial charge in [0.1, 0.15) is 17.3 Å². The predicted octanol–water partition coefficient (Wildman–Crippen LogP) is 2.60. The molecule has 0 saturated carbocycles. The van der Waals surface area contributed by atoms with Crippen molar-refractivity contribution in [1.29, 1.82) is 0 Å². The number of aryl methyl sites for hydroxylation is 2. The van der Waals surface area contributed by atoms with Crippen LogP contribution >= 0.6 is 11.3 Å². The summed E-state index contributed by atoms with van der Waals surface area (Å²) in [6.07, 6.45) is 3.01. The number of carbonyl (C=O) groups excluding carboxylic acids is 1. The molecule has 0 spiro atoms. The lowest BCUT2D eigenvalue weighted by Crippen LogP contribution is -2.18. The summed E-state index contributed by atoms with van der Waals surface area (Å²) < 4.78 is 15.8. The number of aromatic nitrogens is 2. The Morgan fingerprint density at radius 2 is 2.07 bits per heavy atom. The lowest BCUT2D eigenvalue weighted by Gasteiger charge is -2.10. The molecule has 2 aromatic heterocycles. The van der Waals surface area contributed by atoms with Crippen molar-refractivity contribution in [1.82, 2.24) is 9.97 Å². The molecule has 3 aromatic rings. The van der Waals surface area contributed by atoms with E-state index in [0.717, 1.165) is 24.8 Å². The highest BCUT2D eigenvalue weighted by Gasteiger charge is 2.21. The summed E-state index contributed by atoms with van der Waals surface area (Å²) >= 11 is 1.55. The van der Waals surface area contributed by atoms with Crippen molar-refractivity contribution < 1.29 is 19.0 Å². The second-order valence-electron chi connectivity index (χ2n) is 6.15. The van der Waals surface area contributed by atoms with Gasteiger partial charge in [0.05, 0.1) is 12.5 Å². The Morgan fingerprint density at radius 1 is 1.26 bits per heavy atom. The number of nitrogens with one attached hydrogen (secondary N) is 1. The molecule has 0 radical (unpaired) electrons. The number of rotatable bonds is 6. The Balaban J connectivity index is 1.40. The van der Waals surface area contributed by atoms with E-state index in [-0.39, 0.29) is 18.8 Å². The number of methoxy groups -OCH3 is 1. The van der Waals surface area contributed by atoms with Crippen molar-refractivity contribution in [2.45, 2.75) is 25.9 Å². The third-order valence-corrected chi connectivity index (χ3v) is 5.59. The van der Waals surface area contributed by atoms with Crippen molar-refractivity contribution >= 4 is 27.5 Å². The number of hydrogen-bond donors (Lipinski definition) is 1. The summed E-state index contributed by atoms with van der Waals surface area (Å²) in [7, 11) is 1.53. The molecule has 0 aliphatic heterocycles. The summed E-state index contributed by atoms with van der Waals surface area (Å²) in [4.78, 5) is 33.4. The molecule has 140 valence electrons. The van der Waals surface area contributed by atoms with Crippen LogP contribution in [0.15, 0.2) is 29.1 Å². The molecule has 0 unspecified atom stereocenters. The number of esters is 1. The number of fused-ring (bicyclic) bond motifs is 3. The van der Waals surface area contributed by atoms with Crippen LogP contribution in [0.3, 0.4) is 0 Å². The van der Waals surface area contributed by atoms with E-state index in [1.54, 1.807) is 29.5 Å². The van der Waals surface area contributed by atoms with Crippen molar-refractivity contribution in [3.8, 4) is 11.5 Å². The average Bonchev–Trinajstić information content (AvgIpc) is 3.25. The molecule has 4 rings (SSSR count). The fourth-order valence-corrected chi connectivity index (χ4v) is 4.46. The van der Waals surface area contributed by atoms with Gasteiger partial charge in [0.25, 0.3) is 5.56 Å². The number of benzene rings is 1. The van der Waals surface area contributed by atoms with Gasteiger partial charge in [-0.1, -0.05) is 12.1 Å². The van der Waals surface area contributed by atoms with Crippen molar-refractivity contribution in [2.75, 3.05) is 13.7 Å². The fourth-order valence-electron chi connectivity index (χ4n) is 3.18. The fraction of sp³-hybridized carbons (Fsp3) is 0.316. The maximum absolute atomic E-state index is 12.4. The number of thiophene rings is 1. The van der Waals surface area contributed by atoms with Crippen molar-refractivity contribution in [3.63, 3.8) is 0 Å². The summed E-state index contributed by atoms with van der Waals surface area (Å²) in [6.45, 7) is -0.373. The first-order valence-corrected chi connectivity index (χ1v) is 9.42. The Labute approximate surface area is 158 Å². The number of hydrogen-bond acceptors (Lipinski definition) is 7. The van der Waals surface area contributed by atoms with E-state index >= 15 is 0 Å². The van der Waals surface area contributed by atoms with Gasteiger partial charge < -0.3 is 19.2 Å². The molecular formula is C19H18N2O5S. The zero-order chi connectivity index (χ0) is 18.8. The van der Waals surface area contributed by atoms with E-state index in [4.69, 9.17) is 14.2 Å². The van der Waals surface area contributed by atoms with Crippen LogP contribution in [-0.4, -0.2) is 29.7 Å². The van der Waals surface area contributed by atoms with E-state index in [1.807, 2.05) is 6.07 Å². The van der Waals surface area contributed by atoms with Gasteiger partial charge >= 0.3 is 5.97 Å². The van der Waals surface area contributed by atoms with E-state index in [0.29, 0.717) is 27.5 Å². The van der Waals surface area contributed by atoms with E-state index in [9.17, 15) is 9.59 Å². The number of nitrogens with zero attached hydrogens (tertiary/aromatic N) is 1. The Morgan fingerprint density at radius 3 is 2.89 bits per heavy atom. The minimum Gasteiger partial charge on any atom is -0.493 e. The Hall–Kier alpha value is -2.87. The van der Waals surface area contributed by atoms with Gasteiger partial charge in [-0.2, -0.15) is 0 Å². The zero-order valence-corrected chi connectivity index (χ0v) is 15.6. The molecule has 0 saturated heterocycles. The number of ether oxygens (including phenoxy) is 3. The van der Waals surface area contributed by atoms with Crippen molar-refractivity contribution in [3.05, 3.63) is 50.9 Å². The van der Waals surface area contributed by atoms with Crippen LogP contribution < -0.4 is 15.0 Å². The van der Waals surface area contributed by atoms with Gasteiger partial charge in [-0.3, -0.25) is 4.79 Å². The maximum atomic E-state index is 12.4. The van der Waals surface area contributed by atoms with Crippen LogP contribution in [0.1, 0.15) is 22.7 Å². The Kier molecular flexibility index (Phi) is 4.81. The molecule has 1 aliphatic carbocycles. The second-order valence-corrected chi connectivity index (χ2v) is 7.23. The molecule has 0 amide bonds. The molecule has 27 heavy (non-hydrogen) atoms. The monoisotopic (exact) mass is 386 g/mol. The first-order valence-electron chi connectivity index (χ1n) is 8.60. The number of carbonyl (C=O) groups is 1. The molecule has 8 heteroatoms. The summed E-state index contributed by atoms with van der Waals surface area (Å²) in [5.74, 6) is 0.765. The summed E-state index contributed by atoms with van der Waals surface area (Å²) in [6, 6.07) is 7.03. The largest absolute Gasteiger partial charge is 0.493 e. The van der Waals surface area contributed by atoms with Gasteiger partial charge in [0.2, 0.25) is 0 Å². The smallest absolute Gasteiger partial charge is 0.344 e. The van der Waals surface area contributed by atoms with E-state index in [2.05, 4.69) is 9.97 Å². The maximum Gasteiger partial charge on any atom is 0.344 e. The summed E-state index contributed by atoms with van der Waals surface area (Å²) in [5.41, 5.74) is 0.952. The topological polar surface area (TPSA) is 90.5 Å². The van der Waals surface area contributed by atoms with Crippen LogP contribution in [0.5, 0.6) is 11.5 Å². The third kappa shape index (κ3) is 3.52. The molecule has 0 bridgehead atoms. The molecule has 0 fully saturated rings. The van der Waals surface area contributed by atoms with Crippen LogP contribution in [0, 0.1) is 0 Å². The molecule has 1 aliphatic rings. The van der Waals surface area contributed by atoms with Crippen LogP contribution in [0.2, 0.25) is 0 Å². The highest BCUT2D eigenvalue weighted by atomic mass is 32.1. The molecular weight excluding hydrogens is 368 g/mol. The van der Waals surface area contributed by atoms with E-state index in [1.165, 1.54) is 12.0 Å². The minimum atomic E-state index is -0.558. The number of para-hydroxylation sites is 2. The molecule has 0 atom stereocenters. The normalized spacial score (nSPS) is 12.8. The average molecular weight is 386 g/mol.